The Bertz CT molecular complexity index is 911. The van der Waals surface area contributed by atoms with Crippen LogP contribution in [-0.4, -0.2) is 33.7 Å². The third-order valence-corrected chi connectivity index (χ3v) is 4.39. The largest absolute Gasteiger partial charge is 0.489 e. The zero-order valence-electron chi connectivity index (χ0n) is 14.4. The van der Waals surface area contributed by atoms with E-state index in [9.17, 15) is 9.18 Å². The number of halogens is 2. The molecule has 0 aliphatic heterocycles. The van der Waals surface area contributed by atoms with Gasteiger partial charge in [0.15, 0.2) is 0 Å². The third kappa shape index (κ3) is 3.96. The van der Waals surface area contributed by atoms with Crippen molar-refractivity contribution in [2.75, 3.05) is 5.88 Å². The molecule has 3 aromatic rings. The van der Waals surface area contributed by atoms with Gasteiger partial charge in [0, 0.05) is 5.39 Å². The summed E-state index contributed by atoms with van der Waals surface area (Å²) < 4.78 is 20.8. The van der Waals surface area contributed by atoms with Crippen molar-refractivity contribution in [1.82, 2.24) is 15.1 Å². The fourth-order valence-corrected chi connectivity index (χ4v) is 2.68. The molecule has 1 heterocycles. The van der Waals surface area contributed by atoms with Crippen LogP contribution < -0.4 is 10.1 Å². The Hall–Kier alpha value is -2.60. The normalized spacial score (nSPS) is 13.4. The molecule has 1 N–H and O–H groups in total. The second kappa shape index (κ2) is 7.74. The molecule has 1 aromatic heterocycles. The summed E-state index contributed by atoms with van der Waals surface area (Å²) in [6.45, 7) is 3.74. The van der Waals surface area contributed by atoms with Crippen molar-refractivity contribution < 1.29 is 13.9 Å². The first-order valence-corrected chi connectivity index (χ1v) is 8.77. The first-order chi connectivity index (χ1) is 12.5. The number of aromatic nitrogens is 2. The molecule has 0 spiro atoms. The maximum Gasteiger partial charge on any atom is 0.235 e. The molecule has 26 heavy (non-hydrogen) atoms. The lowest BCUT2D eigenvalue weighted by atomic mass is 10.2. The molecule has 0 aliphatic carbocycles. The Kier molecular flexibility index (Phi) is 5.42. The van der Waals surface area contributed by atoms with Gasteiger partial charge in [-0.25, -0.2) is 9.07 Å². The molecule has 0 saturated heterocycles. The highest BCUT2D eigenvalue weighted by molar-refractivity contribution is 6.27. The minimum absolute atomic E-state index is 0.0778. The Balaban J connectivity index is 1.78. The quantitative estimate of drug-likeness (QED) is 0.669. The number of hydrogen-bond donors (Lipinski definition) is 1. The summed E-state index contributed by atoms with van der Waals surface area (Å²) in [5, 5.41) is 8.04. The molecule has 0 fully saturated rings. The second-order valence-corrected chi connectivity index (χ2v) is 6.33. The molecule has 2 aromatic carbocycles. The van der Waals surface area contributed by atoms with Crippen molar-refractivity contribution in [3.63, 3.8) is 0 Å². The summed E-state index contributed by atoms with van der Waals surface area (Å²) in [5.41, 5.74) is 1.67. The molecule has 0 aliphatic rings. The van der Waals surface area contributed by atoms with Crippen LogP contribution in [0.1, 0.15) is 13.8 Å². The van der Waals surface area contributed by atoms with E-state index in [0.717, 1.165) is 16.6 Å². The van der Waals surface area contributed by atoms with Crippen LogP contribution in [0.5, 0.6) is 5.75 Å². The van der Waals surface area contributed by atoms with E-state index in [1.165, 1.54) is 12.1 Å². The molecule has 5 nitrogen and oxygen atoms in total. The summed E-state index contributed by atoms with van der Waals surface area (Å²) in [6.07, 6.45) is 1.50. The molecule has 0 unspecified atom stereocenters. The van der Waals surface area contributed by atoms with Crippen molar-refractivity contribution >= 4 is 28.4 Å². The van der Waals surface area contributed by atoms with Crippen LogP contribution in [0.25, 0.3) is 16.6 Å². The SMILES string of the molecule is C[C@H](NC(=O)CCl)[C@@H](C)Oc1ccc2c(cnn2-c2ccc(F)cc2)c1. The smallest absolute Gasteiger partial charge is 0.235 e. The van der Waals surface area contributed by atoms with Gasteiger partial charge >= 0.3 is 0 Å². The van der Waals surface area contributed by atoms with Gasteiger partial charge in [-0.3, -0.25) is 4.79 Å². The molecule has 2 atom stereocenters. The van der Waals surface area contributed by atoms with Gasteiger partial charge in [-0.1, -0.05) is 0 Å². The van der Waals surface area contributed by atoms with Gasteiger partial charge in [-0.2, -0.15) is 5.10 Å². The number of rotatable bonds is 6. The Morgan fingerprint density at radius 2 is 2.00 bits per heavy atom. The zero-order chi connectivity index (χ0) is 18.7. The number of fused-ring (bicyclic) bond motifs is 1. The molecule has 0 bridgehead atoms. The van der Waals surface area contributed by atoms with Gasteiger partial charge in [-0.15, -0.1) is 11.6 Å². The van der Waals surface area contributed by atoms with Crippen molar-refractivity contribution in [2.24, 2.45) is 0 Å². The number of benzene rings is 2. The number of ether oxygens (including phenoxy) is 1. The first kappa shape index (κ1) is 18.2. The number of alkyl halides is 1. The number of amides is 1. The monoisotopic (exact) mass is 375 g/mol. The number of nitrogens with zero attached hydrogens (tertiary/aromatic N) is 2. The van der Waals surface area contributed by atoms with E-state index in [1.807, 2.05) is 32.0 Å². The zero-order valence-corrected chi connectivity index (χ0v) is 15.2. The van der Waals surface area contributed by atoms with E-state index in [4.69, 9.17) is 16.3 Å². The molecular weight excluding hydrogens is 357 g/mol. The van der Waals surface area contributed by atoms with Crippen molar-refractivity contribution in [3.8, 4) is 11.4 Å². The van der Waals surface area contributed by atoms with Crippen molar-refractivity contribution in [3.05, 3.63) is 54.5 Å². The first-order valence-electron chi connectivity index (χ1n) is 8.23. The second-order valence-electron chi connectivity index (χ2n) is 6.07. The van der Waals surface area contributed by atoms with Crippen molar-refractivity contribution in [1.29, 1.82) is 0 Å². The predicted octanol–water partition coefficient (Wildman–Crippen LogP) is 3.68. The average molecular weight is 376 g/mol. The lowest BCUT2D eigenvalue weighted by Crippen LogP contribution is -2.42. The third-order valence-electron chi connectivity index (χ3n) is 4.15. The van der Waals surface area contributed by atoms with E-state index in [-0.39, 0.29) is 29.8 Å². The minimum Gasteiger partial charge on any atom is -0.489 e. The summed E-state index contributed by atoms with van der Waals surface area (Å²) in [5.74, 6) is 0.0810. The molecule has 0 saturated carbocycles. The van der Waals surface area contributed by atoms with E-state index in [1.54, 1.807) is 23.0 Å². The Morgan fingerprint density at radius 3 is 2.69 bits per heavy atom. The standard InChI is InChI=1S/C19H19ClFN3O2/c1-12(23-19(25)10-20)13(2)26-17-7-8-18-14(9-17)11-22-24(18)16-5-3-15(21)4-6-16/h3-9,11-13H,10H2,1-2H3,(H,23,25)/t12-,13+/m0/s1. The van der Waals surface area contributed by atoms with E-state index >= 15 is 0 Å². The molecule has 7 heteroatoms. The maximum atomic E-state index is 13.1. The highest BCUT2D eigenvalue weighted by Crippen LogP contribution is 2.24. The summed E-state index contributed by atoms with van der Waals surface area (Å²) in [6, 6.07) is 11.6. The molecule has 3 rings (SSSR count). The fourth-order valence-electron chi connectivity index (χ4n) is 2.60. The fraction of sp³-hybridized carbons (Fsp3) is 0.263. The topological polar surface area (TPSA) is 56.1 Å². The minimum atomic E-state index is -0.287. The number of nitrogens with one attached hydrogen (secondary N) is 1. The summed E-state index contributed by atoms with van der Waals surface area (Å²) in [7, 11) is 0. The highest BCUT2D eigenvalue weighted by atomic mass is 35.5. The van der Waals surface area contributed by atoms with E-state index in [0.29, 0.717) is 5.75 Å². The van der Waals surface area contributed by atoms with Crippen LogP contribution in [0.15, 0.2) is 48.7 Å². The highest BCUT2D eigenvalue weighted by Gasteiger charge is 2.16. The Labute approximate surface area is 155 Å². The van der Waals surface area contributed by atoms with Gasteiger partial charge in [0.1, 0.15) is 23.6 Å². The maximum absolute atomic E-state index is 13.1. The van der Waals surface area contributed by atoms with Crippen molar-refractivity contribution in [2.45, 2.75) is 26.0 Å². The van der Waals surface area contributed by atoms with Gasteiger partial charge in [0.05, 0.1) is 23.4 Å². The van der Waals surface area contributed by atoms with Crippen LogP contribution in [-0.2, 0) is 4.79 Å². The van der Waals surface area contributed by atoms with Gasteiger partial charge in [0.2, 0.25) is 5.91 Å². The summed E-state index contributed by atoms with van der Waals surface area (Å²) in [4.78, 5) is 11.4. The van der Waals surface area contributed by atoms with Crippen LogP contribution in [0.4, 0.5) is 4.39 Å². The van der Waals surface area contributed by atoms with Gasteiger partial charge in [0.25, 0.3) is 0 Å². The van der Waals surface area contributed by atoms with E-state index < -0.39 is 0 Å². The number of carbonyl (C=O) groups excluding carboxylic acids is 1. The molecular formula is C19H19ClFN3O2. The predicted molar refractivity (Wildman–Crippen MR) is 99.4 cm³/mol. The number of carbonyl (C=O) groups is 1. The van der Waals surface area contributed by atoms with Gasteiger partial charge in [-0.05, 0) is 56.3 Å². The molecule has 0 radical (unpaired) electrons. The van der Waals surface area contributed by atoms with E-state index in [2.05, 4.69) is 10.4 Å². The number of hydrogen-bond acceptors (Lipinski definition) is 3. The Morgan fingerprint density at radius 1 is 1.27 bits per heavy atom. The summed E-state index contributed by atoms with van der Waals surface area (Å²) >= 11 is 5.50. The van der Waals surface area contributed by atoms with Crippen LogP contribution in [0, 0.1) is 5.82 Å². The lowest BCUT2D eigenvalue weighted by Gasteiger charge is -2.22. The lowest BCUT2D eigenvalue weighted by molar-refractivity contribution is -0.119. The van der Waals surface area contributed by atoms with Crippen LogP contribution >= 0.6 is 11.6 Å². The molecule has 1 amide bonds. The van der Waals surface area contributed by atoms with Gasteiger partial charge < -0.3 is 10.1 Å². The van der Waals surface area contributed by atoms with Crippen LogP contribution in [0.2, 0.25) is 0 Å². The molecule has 136 valence electrons. The van der Waals surface area contributed by atoms with Crippen LogP contribution in [0.3, 0.4) is 0 Å². The average Bonchev–Trinajstić information content (AvgIpc) is 3.05.